The van der Waals surface area contributed by atoms with Crippen molar-refractivity contribution in [3.63, 3.8) is 0 Å². The summed E-state index contributed by atoms with van der Waals surface area (Å²) in [7, 11) is 0. The van der Waals surface area contributed by atoms with Crippen molar-refractivity contribution in [2.75, 3.05) is 6.54 Å². The van der Waals surface area contributed by atoms with E-state index in [-0.39, 0.29) is 30.7 Å². The molecule has 1 aliphatic rings. The van der Waals surface area contributed by atoms with Crippen molar-refractivity contribution in [1.29, 1.82) is 0 Å². The van der Waals surface area contributed by atoms with E-state index in [1.165, 1.54) is 6.20 Å². The quantitative estimate of drug-likeness (QED) is 0.529. The third kappa shape index (κ3) is 4.42. The van der Waals surface area contributed by atoms with Crippen LogP contribution in [0.25, 0.3) is 22.1 Å². The molecule has 3 N–H and O–H groups in total. The maximum absolute atomic E-state index is 14.7. The summed E-state index contributed by atoms with van der Waals surface area (Å²) in [5, 5.41) is 13.1. The minimum absolute atomic E-state index is 0.0442. The molecule has 1 saturated carbocycles. The van der Waals surface area contributed by atoms with Crippen LogP contribution in [0.3, 0.4) is 0 Å². The third-order valence-electron chi connectivity index (χ3n) is 6.00. The van der Waals surface area contributed by atoms with Crippen molar-refractivity contribution < 1.29 is 14.3 Å². The van der Waals surface area contributed by atoms with Crippen LogP contribution in [0.1, 0.15) is 57.8 Å². The molecule has 3 aromatic rings. The number of amides is 1. The number of hydrogen-bond donors (Lipinski definition) is 3. The van der Waals surface area contributed by atoms with Crippen LogP contribution in [0.2, 0.25) is 0 Å². The highest BCUT2D eigenvalue weighted by Crippen LogP contribution is 2.38. The predicted molar refractivity (Wildman–Crippen MR) is 117 cm³/mol. The lowest BCUT2D eigenvalue weighted by Gasteiger charge is -2.30. The number of fused-ring (bicyclic) bond motifs is 3. The molecule has 1 amide bonds. The Morgan fingerprint density at radius 3 is 2.84 bits per heavy atom. The first-order valence-electron chi connectivity index (χ1n) is 10.7. The zero-order chi connectivity index (χ0) is 22.2. The van der Waals surface area contributed by atoms with Gasteiger partial charge in [-0.2, -0.15) is 0 Å². The van der Waals surface area contributed by atoms with E-state index >= 15 is 0 Å². The first-order chi connectivity index (χ1) is 14.8. The molecule has 0 spiro atoms. The number of aromatic nitrogens is 4. The van der Waals surface area contributed by atoms with Crippen molar-refractivity contribution >= 4 is 28.0 Å². The molecular formula is C23H28FN5O2. The maximum atomic E-state index is 14.7. The number of nitrogens with one attached hydrogen (secondary N) is 2. The van der Waals surface area contributed by atoms with Crippen molar-refractivity contribution in [1.82, 2.24) is 24.8 Å². The van der Waals surface area contributed by atoms with Gasteiger partial charge in [-0.3, -0.25) is 4.79 Å². The zero-order valence-corrected chi connectivity index (χ0v) is 17.9. The fourth-order valence-corrected chi connectivity index (χ4v) is 4.49. The van der Waals surface area contributed by atoms with E-state index in [1.54, 1.807) is 20.0 Å². The Hall–Kier alpha value is -2.92. The van der Waals surface area contributed by atoms with Crippen LogP contribution in [0, 0.1) is 24.1 Å². The summed E-state index contributed by atoms with van der Waals surface area (Å²) in [6.07, 6.45) is 13.0. The highest BCUT2D eigenvalue weighted by atomic mass is 19.1. The number of carbonyl (C=O) groups is 1. The molecule has 3 heterocycles. The minimum atomic E-state index is -1.00. The van der Waals surface area contributed by atoms with Crippen LogP contribution >= 0.6 is 0 Å². The number of aliphatic hydroxyl groups is 1. The molecule has 0 radical (unpaired) electrons. The van der Waals surface area contributed by atoms with Gasteiger partial charge in [0.05, 0.1) is 29.1 Å². The van der Waals surface area contributed by atoms with E-state index < -0.39 is 5.60 Å². The minimum Gasteiger partial charge on any atom is -0.389 e. The Morgan fingerprint density at radius 2 is 2.16 bits per heavy atom. The van der Waals surface area contributed by atoms with Gasteiger partial charge in [0.15, 0.2) is 5.82 Å². The second-order valence-electron chi connectivity index (χ2n) is 9.10. The number of halogens is 1. The normalized spacial score (nSPS) is 19.6. The SMILES string of the molecule is C#CC[C@H]1CC[C@H](n2c(CC(=O)NCC(C)(C)O)nc3cnc4[nH]cc(F)c4c32)CC1. The standard InChI is InChI=1S/C23H28FN5O2/c1-4-5-14-6-8-15(9-7-14)29-18(10-19(30)27-13-23(2,3)31)28-17-12-26-22-20(21(17)29)16(24)11-25-22/h1,11-12,14-15,31H,5-10,13H2,2-3H3,(H,25,26)(H,27,30)/t14-,15-. The monoisotopic (exact) mass is 425 g/mol. The molecule has 0 aliphatic heterocycles. The third-order valence-corrected chi connectivity index (χ3v) is 6.00. The van der Waals surface area contributed by atoms with E-state index in [2.05, 4.69) is 26.2 Å². The van der Waals surface area contributed by atoms with Gasteiger partial charge >= 0.3 is 0 Å². The Bertz CT molecular complexity index is 1140. The molecule has 8 heteroatoms. The van der Waals surface area contributed by atoms with Crippen LogP contribution in [0.15, 0.2) is 12.4 Å². The number of carbonyl (C=O) groups excluding carboxylic acids is 1. The lowest BCUT2D eigenvalue weighted by molar-refractivity contribution is -0.121. The van der Waals surface area contributed by atoms with E-state index in [4.69, 9.17) is 6.42 Å². The lowest BCUT2D eigenvalue weighted by atomic mass is 9.84. The molecule has 0 unspecified atom stereocenters. The summed E-state index contributed by atoms with van der Waals surface area (Å²) in [4.78, 5) is 24.4. The van der Waals surface area contributed by atoms with Gasteiger partial charge in [-0.05, 0) is 45.4 Å². The number of hydrogen-bond acceptors (Lipinski definition) is 4. The second kappa shape index (κ2) is 8.31. The fourth-order valence-electron chi connectivity index (χ4n) is 4.49. The molecule has 4 rings (SSSR count). The maximum Gasteiger partial charge on any atom is 0.227 e. The van der Waals surface area contributed by atoms with E-state index in [0.29, 0.717) is 33.8 Å². The number of aromatic amines is 1. The van der Waals surface area contributed by atoms with Gasteiger partial charge in [0, 0.05) is 25.2 Å². The lowest BCUT2D eigenvalue weighted by Crippen LogP contribution is -2.39. The smallest absolute Gasteiger partial charge is 0.227 e. The molecule has 1 aliphatic carbocycles. The summed E-state index contributed by atoms with van der Waals surface area (Å²) in [5.74, 6) is 3.22. The topological polar surface area (TPSA) is 95.8 Å². The first kappa shape index (κ1) is 21.3. The Labute approximate surface area is 180 Å². The Kier molecular flexibility index (Phi) is 5.71. The van der Waals surface area contributed by atoms with Crippen LogP contribution in [0.4, 0.5) is 4.39 Å². The summed E-state index contributed by atoms with van der Waals surface area (Å²) in [5.41, 5.74) is 0.705. The van der Waals surface area contributed by atoms with Crippen molar-refractivity contribution in [2.24, 2.45) is 5.92 Å². The number of terminal acetylenes is 1. The molecule has 7 nitrogen and oxygen atoms in total. The molecule has 1 fully saturated rings. The largest absolute Gasteiger partial charge is 0.389 e. The molecule has 3 aromatic heterocycles. The average molecular weight is 426 g/mol. The average Bonchev–Trinajstić information content (AvgIpc) is 3.27. The van der Waals surface area contributed by atoms with Gasteiger partial charge in [-0.25, -0.2) is 14.4 Å². The first-order valence-corrected chi connectivity index (χ1v) is 10.7. The Morgan fingerprint density at radius 1 is 1.42 bits per heavy atom. The van der Waals surface area contributed by atoms with Crippen LogP contribution < -0.4 is 5.32 Å². The molecular weight excluding hydrogens is 397 g/mol. The summed E-state index contributed by atoms with van der Waals surface area (Å²) in [6.45, 7) is 3.41. The van der Waals surface area contributed by atoms with Gasteiger partial charge in [0.25, 0.3) is 0 Å². The number of nitrogens with zero attached hydrogens (tertiary/aromatic N) is 3. The fraction of sp³-hybridized carbons (Fsp3) is 0.522. The van der Waals surface area contributed by atoms with E-state index in [1.807, 2.05) is 4.57 Å². The van der Waals surface area contributed by atoms with Crippen LogP contribution in [-0.4, -0.2) is 42.7 Å². The molecule has 0 saturated heterocycles. The summed E-state index contributed by atoms with van der Waals surface area (Å²) >= 11 is 0. The van der Waals surface area contributed by atoms with Crippen LogP contribution in [0.5, 0.6) is 0 Å². The summed E-state index contributed by atoms with van der Waals surface area (Å²) in [6, 6.07) is 0.107. The van der Waals surface area contributed by atoms with Crippen molar-refractivity contribution in [2.45, 2.75) is 64.0 Å². The van der Waals surface area contributed by atoms with E-state index in [0.717, 1.165) is 32.1 Å². The highest BCUT2D eigenvalue weighted by molar-refractivity contribution is 6.02. The van der Waals surface area contributed by atoms with Gasteiger partial charge in [0.1, 0.15) is 17.0 Å². The van der Waals surface area contributed by atoms with E-state index in [9.17, 15) is 14.3 Å². The van der Waals surface area contributed by atoms with Crippen LogP contribution in [-0.2, 0) is 11.2 Å². The number of rotatable bonds is 6. The van der Waals surface area contributed by atoms with Gasteiger partial charge in [-0.1, -0.05) is 0 Å². The number of pyridine rings is 1. The van der Waals surface area contributed by atoms with Crippen molar-refractivity contribution in [3.05, 3.63) is 24.0 Å². The highest BCUT2D eigenvalue weighted by Gasteiger charge is 2.28. The molecule has 0 aromatic carbocycles. The van der Waals surface area contributed by atoms with Gasteiger partial charge in [0.2, 0.25) is 5.91 Å². The molecule has 0 bridgehead atoms. The zero-order valence-electron chi connectivity index (χ0n) is 17.9. The van der Waals surface area contributed by atoms with Gasteiger partial charge in [-0.15, -0.1) is 12.3 Å². The molecule has 31 heavy (non-hydrogen) atoms. The Balaban J connectivity index is 1.72. The summed E-state index contributed by atoms with van der Waals surface area (Å²) < 4.78 is 16.7. The molecule has 164 valence electrons. The number of imidazole rings is 1. The predicted octanol–water partition coefficient (Wildman–Crippen LogP) is 3.24. The second-order valence-corrected chi connectivity index (χ2v) is 9.10. The van der Waals surface area contributed by atoms with Crippen molar-refractivity contribution in [3.8, 4) is 12.3 Å². The molecule has 0 atom stereocenters. The number of H-pyrrole nitrogens is 1. The van der Waals surface area contributed by atoms with Gasteiger partial charge < -0.3 is 20.0 Å².